The van der Waals surface area contributed by atoms with Crippen molar-refractivity contribution < 1.29 is 28.2 Å². The third kappa shape index (κ3) is 6.48. The molecule has 0 bridgehead atoms. The molecule has 2 fully saturated rings. The molecule has 212 valence electrons. The summed E-state index contributed by atoms with van der Waals surface area (Å²) >= 11 is 0. The molecule has 6 heteroatoms. The number of halogens is 2. The van der Waals surface area contributed by atoms with Crippen LogP contribution in [0.25, 0.3) is 11.1 Å². The zero-order chi connectivity index (χ0) is 28.4. The molecule has 2 aliphatic rings. The molecule has 1 N–H and O–H groups in total. The fourth-order valence-corrected chi connectivity index (χ4v) is 6.35. The van der Waals surface area contributed by atoms with Gasteiger partial charge < -0.3 is 14.6 Å². The molecular weight excluding hydrogens is 510 g/mol. The molecule has 3 aromatic carbocycles. The van der Waals surface area contributed by atoms with E-state index in [4.69, 9.17) is 9.47 Å². The smallest absolute Gasteiger partial charge is 0.303 e. The minimum atomic E-state index is -0.882. The lowest BCUT2D eigenvalue weighted by atomic mass is 9.75. The maximum absolute atomic E-state index is 15.1. The summed E-state index contributed by atoms with van der Waals surface area (Å²) < 4.78 is 41.2. The highest BCUT2D eigenvalue weighted by atomic mass is 19.1. The van der Waals surface area contributed by atoms with Crippen molar-refractivity contribution >= 4 is 5.97 Å². The minimum Gasteiger partial charge on any atom is -0.497 e. The van der Waals surface area contributed by atoms with Crippen LogP contribution in [-0.4, -0.2) is 18.2 Å². The summed E-state index contributed by atoms with van der Waals surface area (Å²) in [7, 11) is 1.58. The largest absolute Gasteiger partial charge is 0.497 e. The monoisotopic (exact) mass is 548 g/mol. The first kappa shape index (κ1) is 28.1. The van der Waals surface area contributed by atoms with Gasteiger partial charge in [-0.15, -0.1) is 0 Å². The zero-order valence-corrected chi connectivity index (χ0v) is 23.5. The number of hydrogen-bond acceptors (Lipinski definition) is 3. The second kappa shape index (κ2) is 11.6. The van der Waals surface area contributed by atoms with Crippen molar-refractivity contribution in [3.8, 4) is 22.6 Å². The average Bonchev–Trinajstić information content (AvgIpc) is 3.66. The Hall–Kier alpha value is -3.41. The third-order valence-corrected chi connectivity index (χ3v) is 8.72. The lowest BCUT2D eigenvalue weighted by molar-refractivity contribution is -0.137. The van der Waals surface area contributed by atoms with E-state index in [9.17, 15) is 14.3 Å². The van der Waals surface area contributed by atoms with E-state index in [0.717, 1.165) is 55.2 Å². The standard InChI is InChI=1S/C34H38F2O4/c1-34(2)12-4-5-31(34)29-14-22(8-10-28(29)30-19-26(39-3)9-11-32(30)36)20-40-27-16-24(15-25(35)18-27)23(17-33(37)38)13-21-6-7-21/h8-11,14-16,18-19,21,23,31H,4-7,12-13,17,20H2,1-3H3,(H,37,38)/t23-,31-/m0/s1. The van der Waals surface area contributed by atoms with Crippen LogP contribution in [0.3, 0.4) is 0 Å². The molecule has 0 amide bonds. The number of carboxylic acid groups (broad SMARTS) is 1. The number of hydrogen-bond donors (Lipinski definition) is 1. The van der Waals surface area contributed by atoms with Crippen LogP contribution in [0, 0.1) is 23.0 Å². The molecule has 0 aromatic heterocycles. The summed E-state index contributed by atoms with van der Waals surface area (Å²) in [6.07, 6.45) is 6.16. The van der Waals surface area contributed by atoms with Crippen LogP contribution >= 0.6 is 0 Å². The van der Waals surface area contributed by atoms with Crippen molar-refractivity contribution in [1.29, 1.82) is 0 Å². The number of ether oxygens (including phenoxy) is 2. The zero-order valence-electron chi connectivity index (χ0n) is 23.5. The summed E-state index contributed by atoms with van der Waals surface area (Å²) in [5.41, 5.74) is 4.10. The second-order valence-corrected chi connectivity index (χ2v) is 12.2. The first-order chi connectivity index (χ1) is 19.1. The molecule has 0 radical (unpaired) electrons. The predicted octanol–water partition coefficient (Wildman–Crippen LogP) is 8.87. The maximum atomic E-state index is 15.1. The van der Waals surface area contributed by atoms with Crippen LogP contribution in [-0.2, 0) is 11.4 Å². The van der Waals surface area contributed by atoms with Gasteiger partial charge in [0, 0.05) is 11.6 Å². The van der Waals surface area contributed by atoms with Gasteiger partial charge in [0.2, 0.25) is 0 Å². The Morgan fingerprint density at radius 2 is 1.80 bits per heavy atom. The molecule has 40 heavy (non-hydrogen) atoms. The number of rotatable bonds is 11. The van der Waals surface area contributed by atoms with Gasteiger partial charge in [0.05, 0.1) is 13.5 Å². The third-order valence-electron chi connectivity index (χ3n) is 8.72. The van der Waals surface area contributed by atoms with Gasteiger partial charge in [-0.3, -0.25) is 4.79 Å². The molecule has 0 spiro atoms. The lowest BCUT2D eigenvalue weighted by Gasteiger charge is -2.30. The van der Waals surface area contributed by atoms with E-state index in [1.54, 1.807) is 25.3 Å². The second-order valence-electron chi connectivity index (χ2n) is 12.2. The van der Waals surface area contributed by atoms with E-state index < -0.39 is 11.8 Å². The van der Waals surface area contributed by atoms with E-state index in [-0.39, 0.29) is 36.1 Å². The fraction of sp³-hybridized carbons (Fsp3) is 0.441. The van der Waals surface area contributed by atoms with Crippen LogP contribution in [0.15, 0.2) is 54.6 Å². The molecule has 0 aliphatic heterocycles. The first-order valence-corrected chi connectivity index (χ1v) is 14.2. The molecule has 4 nitrogen and oxygen atoms in total. The van der Waals surface area contributed by atoms with Gasteiger partial charge in [-0.05, 0) is 95.0 Å². The topological polar surface area (TPSA) is 55.8 Å². The fourth-order valence-electron chi connectivity index (χ4n) is 6.35. The van der Waals surface area contributed by atoms with E-state index in [0.29, 0.717) is 28.5 Å². The minimum absolute atomic E-state index is 0.0256. The van der Waals surface area contributed by atoms with Crippen LogP contribution in [0.4, 0.5) is 8.78 Å². The normalized spacial score (nSPS) is 18.9. The van der Waals surface area contributed by atoms with Crippen molar-refractivity contribution in [3.63, 3.8) is 0 Å². The molecule has 3 aromatic rings. The Labute approximate surface area is 235 Å². The van der Waals surface area contributed by atoms with Crippen molar-refractivity contribution in [1.82, 2.24) is 0 Å². The lowest BCUT2D eigenvalue weighted by Crippen LogP contribution is -2.17. The maximum Gasteiger partial charge on any atom is 0.303 e. The highest BCUT2D eigenvalue weighted by molar-refractivity contribution is 5.71. The summed E-state index contributed by atoms with van der Waals surface area (Å²) in [6, 6.07) is 15.4. The molecule has 0 saturated heterocycles. The Morgan fingerprint density at radius 1 is 1.00 bits per heavy atom. The highest BCUT2D eigenvalue weighted by Crippen LogP contribution is 2.51. The summed E-state index contributed by atoms with van der Waals surface area (Å²) in [5, 5.41) is 9.42. The Bertz CT molecular complexity index is 1380. The highest BCUT2D eigenvalue weighted by Gasteiger charge is 2.37. The number of carboxylic acids is 1. The van der Waals surface area contributed by atoms with Gasteiger partial charge in [-0.1, -0.05) is 51.3 Å². The number of carbonyl (C=O) groups is 1. The van der Waals surface area contributed by atoms with E-state index in [2.05, 4.69) is 19.9 Å². The van der Waals surface area contributed by atoms with Gasteiger partial charge >= 0.3 is 5.97 Å². The van der Waals surface area contributed by atoms with Crippen molar-refractivity contribution in [2.45, 2.75) is 77.2 Å². The van der Waals surface area contributed by atoms with Crippen molar-refractivity contribution in [3.05, 3.63) is 82.9 Å². The Kier molecular flexibility index (Phi) is 8.16. The molecule has 5 rings (SSSR count). The number of aliphatic carboxylic acids is 1. The van der Waals surface area contributed by atoms with E-state index in [1.807, 2.05) is 12.1 Å². The Balaban J connectivity index is 1.44. The van der Waals surface area contributed by atoms with Gasteiger partial charge in [-0.25, -0.2) is 8.78 Å². The van der Waals surface area contributed by atoms with Crippen LogP contribution < -0.4 is 9.47 Å². The van der Waals surface area contributed by atoms with Gasteiger partial charge in [0.1, 0.15) is 29.7 Å². The Morgan fingerprint density at radius 3 is 2.48 bits per heavy atom. The molecular formula is C34H38F2O4. The van der Waals surface area contributed by atoms with Gasteiger partial charge in [0.25, 0.3) is 0 Å². The van der Waals surface area contributed by atoms with Gasteiger partial charge in [0.15, 0.2) is 0 Å². The quantitative estimate of drug-likeness (QED) is 0.260. The number of methoxy groups -OCH3 is 1. The first-order valence-electron chi connectivity index (χ1n) is 14.2. The number of benzene rings is 3. The summed E-state index contributed by atoms with van der Waals surface area (Å²) in [6.45, 7) is 4.75. The predicted molar refractivity (Wildman–Crippen MR) is 152 cm³/mol. The molecule has 2 atom stereocenters. The molecule has 2 aliphatic carbocycles. The molecule has 0 unspecified atom stereocenters. The molecule has 2 saturated carbocycles. The average molecular weight is 549 g/mol. The SMILES string of the molecule is COc1ccc(F)c(-c2ccc(COc3cc(F)cc([C@H](CC(=O)O)CC4CC4)c3)cc2[C@@H]2CCCC2(C)C)c1. The van der Waals surface area contributed by atoms with Crippen LogP contribution in [0.2, 0.25) is 0 Å². The molecule has 0 heterocycles. The van der Waals surface area contributed by atoms with E-state index >= 15 is 4.39 Å². The van der Waals surface area contributed by atoms with E-state index in [1.165, 1.54) is 18.2 Å². The van der Waals surface area contributed by atoms with Crippen LogP contribution in [0.5, 0.6) is 11.5 Å². The summed E-state index contributed by atoms with van der Waals surface area (Å²) in [4.78, 5) is 11.5. The summed E-state index contributed by atoms with van der Waals surface area (Å²) in [5.74, 6) is -0.0934. The van der Waals surface area contributed by atoms with Gasteiger partial charge in [-0.2, -0.15) is 0 Å². The van der Waals surface area contributed by atoms with Crippen LogP contribution in [0.1, 0.15) is 87.3 Å². The van der Waals surface area contributed by atoms with Crippen molar-refractivity contribution in [2.75, 3.05) is 7.11 Å². The van der Waals surface area contributed by atoms with Crippen molar-refractivity contribution in [2.24, 2.45) is 11.3 Å².